The maximum absolute atomic E-state index is 6.24. The van der Waals surface area contributed by atoms with Gasteiger partial charge in [0.15, 0.2) is 0 Å². The molecule has 1 heterocycles. The predicted octanol–water partition coefficient (Wildman–Crippen LogP) is 4.72. The molecule has 0 bridgehead atoms. The Morgan fingerprint density at radius 2 is 1.90 bits per heavy atom. The van der Waals surface area contributed by atoms with E-state index in [0.29, 0.717) is 17.0 Å². The molecule has 1 aliphatic rings. The zero-order valence-corrected chi connectivity index (χ0v) is 14.2. The van der Waals surface area contributed by atoms with E-state index in [9.17, 15) is 0 Å². The van der Waals surface area contributed by atoms with Crippen LogP contribution >= 0.6 is 11.6 Å². The van der Waals surface area contributed by atoms with Crippen molar-refractivity contribution in [3.05, 3.63) is 22.8 Å². The molecule has 1 aromatic heterocycles. The van der Waals surface area contributed by atoms with Gasteiger partial charge in [0, 0.05) is 24.3 Å². The number of aromatic nitrogens is 1. The number of nitrogens with zero attached hydrogens (tertiary/aromatic N) is 1. The van der Waals surface area contributed by atoms with Crippen molar-refractivity contribution in [3.63, 3.8) is 0 Å². The van der Waals surface area contributed by atoms with Crippen molar-refractivity contribution in [2.45, 2.75) is 77.5 Å². The van der Waals surface area contributed by atoms with E-state index >= 15 is 0 Å². The zero-order chi connectivity index (χ0) is 15.3. The summed E-state index contributed by atoms with van der Waals surface area (Å²) in [5.74, 6) is 0.706. The molecule has 0 radical (unpaired) electrons. The minimum absolute atomic E-state index is 0.0644. The molecular weight excluding hydrogens is 284 g/mol. The molecule has 1 N–H and O–H groups in total. The lowest BCUT2D eigenvalue weighted by Crippen LogP contribution is -2.35. The summed E-state index contributed by atoms with van der Waals surface area (Å²) >= 11 is 6.24. The Morgan fingerprint density at radius 1 is 1.24 bits per heavy atom. The molecule has 1 aromatic rings. The third-order valence-electron chi connectivity index (χ3n) is 3.81. The van der Waals surface area contributed by atoms with Crippen molar-refractivity contribution < 1.29 is 4.74 Å². The third kappa shape index (κ3) is 5.84. The van der Waals surface area contributed by atoms with E-state index in [-0.39, 0.29) is 5.54 Å². The van der Waals surface area contributed by atoms with Crippen molar-refractivity contribution >= 4 is 11.6 Å². The molecule has 0 aromatic carbocycles. The van der Waals surface area contributed by atoms with Crippen molar-refractivity contribution in [3.8, 4) is 5.88 Å². The Labute approximate surface area is 133 Å². The van der Waals surface area contributed by atoms with Gasteiger partial charge in [0.2, 0.25) is 5.88 Å². The minimum atomic E-state index is 0.0644. The van der Waals surface area contributed by atoms with Gasteiger partial charge < -0.3 is 10.1 Å². The normalized spacial score (nSPS) is 17.5. The highest BCUT2D eigenvalue weighted by atomic mass is 35.5. The fourth-order valence-electron chi connectivity index (χ4n) is 2.55. The molecule has 3 nitrogen and oxygen atoms in total. The molecule has 0 atom stereocenters. The second kappa shape index (κ2) is 7.46. The van der Waals surface area contributed by atoms with Gasteiger partial charge in [0.05, 0.1) is 5.02 Å². The minimum Gasteiger partial charge on any atom is -0.474 e. The van der Waals surface area contributed by atoms with E-state index in [1.807, 2.05) is 6.07 Å². The van der Waals surface area contributed by atoms with Gasteiger partial charge in [0.1, 0.15) is 6.10 Å². The van der Waals surface area contributed by atoms with Crippen LogP contribution < -0.4 is 10.1 Å². The molecule has 21 heavy (non-hydrogen) atoms. The van der Waals surface area contributed by atoms with Crippen LogP contribution in [0.15, 0.2) is 12.3 Å². The summed E-state index contributed by atoms with van der Waals surface area (Å²) in [5.41, 5.74) is 1.11. The number of halogens is 1. The first-order valence-corrected chi connectivity index (χ1v) is 8.38. The molecule has 118 valence electrons. The third-order valence-corrected chi connectivity index (χ3v) is 4.15. The fraction of sp³-hybridized carbons (Fsp3) is 0.706. The highest BCUT2D eigenvalue weighted by Crippen LogP contribution is 2.24. The van der Waals surface area contributed by atoms with E-state index in [0.717, 1.165) is 24.9 Å². The van der Waals surface area contributed by atoms with Crippen molar-refractivity contribution in [2.24, 2.45) is 0 Å². The van der Waals surface area contributed by atoms with Crippen molar-refractivity contribution in [2.75, 3.05) is 0 Å². The second-order valence-corrected chi connectivity index (χ2v) is 7.36. The predicted molar refractivity (Wildman–Crippen MR) is 88.0 cm³/mol. The molecule has 1 fully saturated rings. The largest absolute Gasteiger partial charge is 0.474 e. The summed E-state index contributed by atoms with van der Waals surface area (Å²) in [6.45, 7) is 7.16. The molecule has 1 saturated carbocycles. The molecule has 0 amide bonds. The van der Waals surface area contributed by atoms with Crippen LogP contribution in [-0.2, 0) is 6.54 Å². The first-order valence-electron chi connectivity index (χ1n) is 8.00. The van der Waals surface area contributed by atoms with Crippen LogP contribution in [0.25, 0.3) is 0 Å². The number of hydrogen-bond acceptors (Lipinski definition) is 3. The monoisotopic (exact) mass is 310 g/mol. The summed E-state index contributed by atoms with van der Waals surface area (Å²) in [6.07, 6.45) is 9.47. The van der Waals surface area contributed by atoms with Crippen LogP contribution in [0.3, 0.4) is 0 Å². The van der Waals surface area contributed by atoms with Gasteiger partial charge in [-0.1, -0.05) is 24.4 Å². The number of hydrogen-bond donors (Lipinski definition) is 1. The lowest BCUT2D eigenvalue weighted by atomic mass is 10.1. The van der Waals surface area contributed by atoms with E-state index < -0.39 is 0 Å². The number of nitrogens with one attached hydrogen (secondary N) is 1. The average Bonchev–Trinajstić information content (AvgIpc) is 2.67. The molecule has 0 aliphatic heterocycles. The first-order chi connectivity index (χ1) is 9.94. The summed E-state index contributed by atoms with van der Waals surface area (Å²) < 4.78 is 6.07. The maximum atomic E-state index is 6.24. The van der Waals surface area contributed by atoms with E-state index in [2.05, 4.69) is 31.1 Å². The molecule has 0 saturated heterocycles. The first kappa shape index (κ1) is 16.6. The molecule has 0 unspecified atom stereocenters. The van der Waals surface area contributed by atoms with Crippen molar-refractivity contribution in [1.82, 2.24) is 10.3 Å². The van der Waals surface area contributed by atoms with Gasteiger partial charge in [-0.2, -0.15) is 0 Å². The van der Waals surface area contributed by atoms with Gasteiger partial charge in [-0.3, -0.25) is 0 Å². The maximum Gasteiger partial charge on any atom is 0.213 e. The Morgan fingerprint density at radius 3 is 2.52 bits per heavy atom. The average molecular weight is 311 g/mol. The van der Waals surface area contributed by atoms with Crippen LogP contribution in [0.4, 0.5) is 0 Å². The van der Waals surface area contributed by atoms with Gasteiger partial charge in [-0.25, -0.2) is 4.98 Å². The molecule has 1 aliphatic carbocycles. The Bertz CT molecular complexity index is 449. The summed E-state index contributed by atoms with van der Waals surface area (Å²) in [5, 5.41) is 4.15. The number of ether oxygens (including phenoxy) is 1. The van der Waals surface area contributed by atoms with Gasteiger partial charge >= 0.3 is 0 Å². The van der Waals surface area contributed by atoms with Crippen LogP contribution in [0.1, 0.15) is 64.9 Å². The van der Waals surface area contributed by atoms with Gasteiger partial charge in [0.25, 0.3) is 0 Å². The molecule has 0 spiro atoms. The summed E-state index contributed by atoms with van der Waals surface area (Å²) in [7, 11) is 0. The quantitative estimate of drug-likeness (QED) is 0.817. The lowest BCUT2D eigenvalue weighted by Gasteiger charge is -2.21. The Hall–Kier alpha value is -0.800. The lowest BCUT2D eigenvalue weighted by molar-refractivity contribution is 0.176. The van der Waals surface area contributed by atoms with Crippen LogP contribution in [-0.4, -0.2) is 16.6 Å². The Kier molecular flexibility index (Phi) is 5.88. The molecule has 4 heteroatoms. The topological polar surface area (TPSA) is 34.1 Å². The van der Waals surface area contributed by atoms with Crippen LogP contribution in [0.5, 0.6) is 5.88 Å². The number of rotatable bonds is 4. The highest BCUT2D eigenvalue weighted by Gasteiger charge is 2.16. The van der Waals surface area contributed by atoms with E-state index in [1.165, 1.54) is 25.7 Å². The standard InChI is InChI=1S/C17H27ClN2O/c1-17(2,3)20-11-13-10-16(19-12-15(13)18)21-14-8-6-4-5-7-9-14/h10,12,14,20H,4-9,11H2,1-3H3. The van der Waals surface area contributed by atoms with E-state index in [4.69, 9.17) is 16.3 Å². The van der Waals surface area contributed by atoms with Crippen LogP contribution in [0, 0.1) is 0 Å². The second-order valence-electron chi connectivity index (χ2n) is 6.95. The fourth-order valence-corrected chi connectivity index (χ4v) is 2.72. The smallest absolute Gasteiger partial charge is 0.213 e. The highest BCUT2D eigenvalue weighted by molar-refractivity contribution is 6.31. The van der Waals surface area contributed by atoms with Gasteiger partial charge in [-0.05, 0) is 52.0 Å². The van der Waals surface area contributed by atoms with E-state index in [1.54, 1.807) is 6.20 Å². The van der Waals surface area contributed by atoms with Gasteiger partial charge in [-0.15, -0.1) is 0 Å². The van der Waals surface area contributed by atoms with Crippen LogP contribution in [0.2, 0.25) is 5.02 Å². The molecular formula is C17H27ClN2O. The Balaban J connectivity index is 2.00. The SMILES string of the molecule is CC(C)(C)NCc1cc(OC2CCCCCC2)ncc1Cl. The zero-order valence-electron chi connectivity index (χ0n) is 13.4. The number of pyridine rings is 1. The summed E-state index contributed by atoms with van der Waals surface area (Å²) in [6, 6.07) is 1.98. The summed E-state index contributed by atoms with van der Waals surface area (Å²) in [4.78, 5) is 4.33. The molecule has 2 rings (SSSR count). The van der Waals surface area contributed by atoms with Crippen molar-refractivity contribution in [1.29, 1.82) is 0 Å².